The van der Waals surface area contributed by atoms with E-state index in [1.54, 1.807) is 31.3 Å². The van der Waals surface area contributed by atoms with Crippen molar-refractivity contribution in [1.29, 1.82) is 0 Å². The minimum absolute atomic E-state index is 0.0857. The van der Waals surface area contributed by atoms with Crippen molar-refractivity contribution in [2.75, 3.05) is 18.9 Å². The van der Waals surface area contributed by atoms with Gasteiger partial charge in [0.25, 0.3) is 0 Å². The number of carbonyl (C=O) groups excluding carboxylic acids is 1. The summed E-state index contributed by atoms with van der Waals surface area (Å²) in [4.78, 5) is 11.6. The molecule has 0 bridgehead atoms. The Morgan fingerprint density at radius 1 is 1.47 bits per heavy atom. The van der Waals surface area contributed by atoms with Gasteiger partial charge < -0.3 is 15.7 Å². The van der Waals surface area contributed by atoms with Crippen LogP contribution in [-0.2, 0) is 4.79 Å². The lowest BCUT2D eigenvalue weighted by atomic mass is 10.1. The van der Waals surface area contributed by atoms with Crippen LogP contribution in [-0.4, -0.2) is 24.6 Å². The van der Waals surface area contributed by atoms with Crippen LogP contribution >= 0.6 is 0 Å². The first kappa shape index (κ1) is 11.5. The summed E-state index contributed by atoms with van der Waals surface area (Å²) in [7, 11) is 1.80. The highest BCUT2D eigenvalue weighted by atomic mass is 16.3. The van der Waals surface area contributed by atoms with Crippen molar-refractivity contribution in [3.8, 4) is 5.75 Å². The minimum atomic E-state index is -0.130. The molecule has 1 amide bonds. The Bertz CT molecular complexity index is 339. The van der Waals surface area contributed by atoms with Gasteiger partial charge in [0.1, 0.15) is 5.75 Å². The number of hydrogen-bond donors (Lipinski definition) is 3. The first-order valence-electron chi connectivity index (χ1n) is 4.88. The molecule has 1 atom stereocenters. The molecular formula is C11H16N2O2. The van der Waals surface area contributed by atoms with E-state index in [1.165, 1.54) is 0 Å². The van der Waals surface area contributed by atoms with Crippen molar-refractivity contribution in [3.05, 3.63) is 24.3 Å². The van der Waals surface area contributed by atoms with E-state index < -0.39 is 0 Å². The van der Waals surface area contributed by atoms with Crippen molar-refractivity contribution in [2.24, 2.45) is 5.92 Å². The lowest BCUT2D eigenvalue weighted by Gasteiger charge is -2.12. The molecule has 0 saturated heterocycles. The largest absolute Gasteiger partial charge is 0.506 e. The first-order valence-corrected chi connectivity index (χ1v) is 4.88. The molecule has 1 aromatic carbocycles. The quantitative estimate of drug-likeness (QED) is 0.651. The zero-order chi connectivity index (χ0) is 11.3. The predicted octanol–water partition coefficient (Wildman–Crippen LogP) is 1.19. The van der Waals surface area contributed by atoms with E-state index in [9.17, 15) is 9.90 Å². The van der Waals surface area contributed by atoms with Crippen molar-refractivity contribution >= 4 is 11.6 Å². The molecule has 0 saturated carbocycles. The molecule has 0 spiro atoms. The predicted molar refractivity (Wildman–Crippen MR) is 59.8 cm³/mol. The van der Waals surface area contributed by atoms with Crippen LogP contribution in [0.1, 0.15) is 6.92 Å². The Balaban J connectivity index is 2.62. The third-order valence-corrected chi connectivity index (χ3v) is 2.12. The molecule has 1 unspecified atom stereocenters. The standard InChI is InChI=1S/C11H16N2O2/c1-8(7-12-2)11(15)13-9-5-3-4-6-10(9)14/h3-6,8,12,14H,7H2,1-2H3,(H,13,15). The molecule has 4 nitrogen and oxygen atoms in total. The van der Waals surface area contributed by atoms with Crippen molar-refractivity contribution in [3.63, 3.8) is 0 Å². The van der Waals surface area contributed by atoms with E-state index in [4.69, 9.17) is 0 Å². The fourth-order valence-electron chi connectivity index (χ4n) is 1.23. The maximum Gasteiger partial charge on any atom is 0.228 e. The van der Waals surface area contributed by atoms with Crippen LogP contribution in [0.25, 0.3) is 0 Å². The van der Waals surface area contributed by atoms with Gasteiger partial charge in [0.05, 0.1) is 5.69 Å². The van der Waals surface area contributed by atoms with Gasteiger partial charge in [0.2, 0.25) is 5.91 Å². The number of hydrogen-bond acceptors (Lipinski definition) is 3. The van der Waals surface area contributed by atoms with Gasteiger partial charge in [-0.1, -0.05) is 19.1 Å². The maximum absolute atomic E-state index is 11.6. The minimum Gasteiger partial charge on any atom is -0.506 e. The van der Waals surface area contributed by atoms with Gasteiger partial charge in [0, 0.05) is 12.5 Å². The highest BCUT2D eigenvalue weighted by Crippen LogP contribution is 2.21. The number of rotatable bonds is 4. The Hall–Kier alpha value is -1.55. The summed E-state index contributed by atoms with van der Waals surface area (Å²) in [5.74, 6) is -0.150. The Labute approximate surface area is 89.3 Å². The van der Waals surface area contributed by atoms with Crippen LogP contribution in [0.15, 0.2) is 24.3 Å². The number of amides is 1. The second-order valence-corrected chi connectivity index (χ2v) is 3.47. The first-order chi connectivity index (χ1) is 7.15. The van der Waals surface area contributed by atoms with E-state index in [1.807, 2.05) is 6.92 Å². The van der Waals surface area contributed by atoms with E-state index in [0.29, 0.717) is 12.2 Å². The molecular weight excluding hydrogens is 192 g/mol. The second kappa shape index (κ2) is 5.36. The topological polar surface area (TPSA) is 61.4 Å². The van der Waals surface area contributed by atoms with Crippen LogP contribution in [0.3, 0.4) is 0 Å². The lowest BCUT2D eigenvalue weighted by molar-refractivity contribution is -0.119. The van der Waals surface area contributed by atoms with Gasteiger partial charge in [0.15, 0.2) is 0 Å². The average molecular weight is 208 g/mol. The second-order valence-electron chi connectivity index (χ2n) is 3.47. The summed E-state index contributed by atoms with van der Waals surface area (Å²) in [6.07, 6.45) is 0. The molecule has 0 aliphatic carbocycles. The van der Waals surface area contributed by atoms with Gasteiger partial charge in [-0.25, -0.2) is 0 Å². The van der Waals surface area contributed by atoms with Gasteiger partial charge >= 0.3 is 0 Å². The van der Waals surface area contributed by atoms with Gasteiger partial charge in [-0.05, 0) is 19.2 Å². The molecule has 82 valence electrons. The Morgan fingerprint density at radius 2 is 2.13 bits per heavy atom. The summed E-state index contributed by atoms with van der Waals surface area (Å²) in [5.41, 5.74) is 0.449. The number of nitrogens with one attached hydrogen (secondary N) is 2. The zero-order valence-electron chi connectivity index (χ0n) is 8.95. The van der Waals surface area contributed by atoms with E-state index in [-0.39, 0.29) is 17.6 Å². The van der Waals surface area contributed by atoms with Crippen molar-refractivity contribution in [2.45, 2.75) is 6.92 Å². The summed E-state index contributed by atoms with van der Waals surface area (Å²) in [6.45, 7) is 2.44. The van der Waals surface area contributed by atoms with Crippen LogP contribution in [0, 0.1) is 5.92 Å². The number of phenolic OH excluding ortho intramolecular Hbond substituents is 1. The zero-order valence-corrected chi connectivity index (χ0v) is 8.95. The number of carbonyl (C=O) groups is 1. The summed E-state index contributed by atoms with van der Waals surface area (Å²) in [5, 5.41) is 15.0. The number of para-hydroxylation sites is 2. The Morgan fingerprint density at radius 3 is 2.73 bits per heavy atom. The molecule has 1 aromatic rings. The molecule has 0 aliphatic heterocycles. The molecule has 0 radical (unpaired) electrons. The van der Waals surface area contributed by atoms with Crippen LogP contribution in [0.4, 0.5) is 5.69 Å². The van der Waals surface area contributed by atoms with E-state index >= 15 is 0 Å². The fourth-order valence-corrected chi connectivity index (χ4v) is 1.23. The molecule has 0 heterocycles. The third kappa shape index (κ3) is 3.25. The number of phenols is 1. The summed E-state index contributed by atoms with van der Waals surface area (Å²) < 4.78 is 0. The highest BCUT2D eigenvalue weighted by molar-refractivity contribution is 5.93. The van der Waals surface area contributed by atoms with Gasteiger partial charge in [-0.15, -0.1) is 0 Å². The van der Waals surface area contributed by atoms with Crippen molar-refractivity contribution < 1.29 is 9.90 Å². The van der Waals surface area contributed by atoms with E-state index in [2.05, 4.69) is 10.6 Å². The smallest absolute Gasteiger partial charge is 0.228 e. The third-order valence-electron chi connectivity index (χ3n) is 2.12. The molecule has 0 fully saturated rings. The molecule has 0 aromatic heterocycles. The number of aromatic hydroxyl groups is 1. The SMILES string of the molecule is CNCC(C)C(=O)Nc1ccccc1O. The monoisotopic (exact) mass is 208 g/mol. The van der Waals surface area contributed by atoms with Crippen LogP contribution < -0.4 is 10.6 Å². The highest BCUT2D eigenvalue weighted by Gasteiger charge is 2.12. The maximum atomic E-state index is 11.6. The fraction of sp³-hybridized carbons (Fsp3) is 0.364. The molecule has 4 heteroatoms. The number of anilines is 1. The number of benzene rings is 1. The Kier molecular flexibility index (Phi) is 4.12. The lowest BCUT2D eigenvalue weighted by Crippen LogP contribution is -2.28. The van der Waals surface area contributed by atoms with E-state index in [0.717, 1.165) is 0 Å². The average Bonchev–Trinajstić information content (AvgIpc) is 2.21. The van der Waals surface area contributed by atoms with Gasteiger partial charge in [-0.2, -0.15) is 0 Å². The summed E-state index contributed by atoms with van der Waals surface area (Å²) >= 11 is 0. The van der Waals surface area contributed by atoms with Crippen molar-refractivity contribution in [1.82, 2.24) is 5.32 Å². The molecule has 1 rings (SSSR count). The van der Waals surface area contributed by atoms with Gasteiger partial charge in [-0.3, -0.25) is 4.79 Å². The summed E-state index contributed by atoms with van der Waals surface area (Å²) in [6, 6.07) is 6.68. The van der Waals surface area contributed by atoms with Crippen LogP contribution in [0.5, 0.6) is 5.75 Å². The molecule has 3 N–H and O–H groups in total. The van der Waals surface area contributed by atoms with Crippen LogP contribution in [0.2, 0.25) is 0 Å². The molecule has 0 aliphatic rings. The normalized spacial score (nSPS) is 12.1. The molecule has 15 heavy (non-hydrogen) atoms.